The third kappa shape index (κ3) is 4.35. The molecule has 2 heteroatoms. The van der Waals surface area contributed by atoms with Gasteiger partial charge >= 0.3 is 0 Å². The largest absolute Gasteiger partial charge is 0.310 e. The second-order valence-corrected chi connectivity index (χ2v) is 11.6. The van der Waals surface area contributed by atoms with E-state index >= 15 is 0 Å². The van der Waals surface area contributed by atoms with E-state index in [1.54, 1.807) is 0 Å². The normalized spacial score (nSPS) is 11.4. The van der Waals surface area contributed by atoms with Crippen LogP contribution in [0.15, 0.2) is 158 Å². The van der Waals surface area contributed by atoms with E-state index in [4.69, 9.17) is 0 Å². The number of para-hydroxylation sites is 2. The van der Waals surface area contributed by atoms with Crippen molar-refractivity contribution in [2.75, 3.05) is 9.80 Å². The number of nitrogens with zero attached hydrogens (tertiary/aromatic N) is 2. The highest BCUT2D eigenvalue weighted by Gasteiger charge is 2.23. The van der Waals surface area contributed by atoms with Crippen molar-refractivity contribution in [3.05, 3.63) is 169 Å². The summed E-state index contributed by atoms with van der Waals surface area (Å²) in [6.07, 6.45) is 0. The lowest BCUT2D eigenvalue weighted by atomic mass is 9.91. The molecule has 0 spiro atoms. The molecule has 8 aromatic rings. The summed E-state index contributed by atoms with van der Waals surface area (Å²) in [6.45, 7) is 4.32. The summed E-state index contributed by atoms with van der Waals surface area (Å²) < 4.78 is 0. The minimum atomic E-state index is 1.14. The average molecular weight is 565 g/mol. The van der Waals surface area contributed by atoms with E-state index in [-0.39, 0.29) is 0 Å². The SMILES string of the molecule is Cc1cccc(N(c2ccccc2)c2cc3cccc4cc(N(c5ccccc5)c5cccc(C)c5)c5cccc2c5c34)c1. The van der Waals surface area contributed by atoms with E-state index in [2.05, 4.69) is 181 Å². The zero-order chi connectivity index (χ0) is 29.6. The van der Waals surface area contributed by atoms with Gasteiger partial charge in [-0.1, -0.05) is 97.1 Å². The van der Waals surface area contributed by atoms with Gasteiger partial charge in [-0.05, 0) is 102 Å². The van der Waals surface area contributed by atoms with Crippen LogP contribution in [0.2, 0.25) is 0 Å². The van der Waals surface area contributed by atoms with Gasteiger partial charge in [0.2, 0.25) is 0 Å². The molecule has 210 valence electrons. The highest BCUT2D eigenvalue weighted by Crippen LogP contribution is 2.49. The molecular formula is C42H32N2. The molecule has 0 amide bonds. The molecule has 0 aliphatic rings. The molecule has 44 heavy (non-hydrogen) atoms. The molecular weight excluding hydrogens is 532 g/mol. The summed E-state index contributed by atoms with van der Waals surface area (Å²) in [4.78, 5) is 4.82. The molecule has 0 radical (unpaired) electrons. The first-order valence-electron chi connectivity index (χ1n) is 15.2. The molecule has 0 saturated carbocycles. The Morgan fingerprint density at radius 2 is 0.750 bits per heavy atom. The van der Waals surface area contributed by atoms with Crippen LogP contribution in [0.25, 0.3) is 32.3 Å². The van der Waals surface area contributed by atoms with Crippen molar-refractivity contribution in [3.63, 3.8) is 0 Å². The zero-order valence-electron chi connectivity index (χ0n) is 24.9. The van der Waals surface area contributed by atoms with Crippen molar-refractivity contribution in [1.29, 1.82) is 0 Å². The van der Waals surface area contributed by atoms with E-state index in [1.807, 2.05) is 0 Å². The van der Waals surface area contributed by atoms with Gasteiger partial charge in [-0.15, -0.1) is 0 Å². The maximum Gasteiger partial charge on any atom is 0.0546 e. The molecule has 0 aliphatic carbocycles. The fraction of sp³-hybridized carbons (Fsp3) is 0.0476. The first-order valence-corrected chi connectivity index (χ1v) is 15.2. The second-order valence-electron chi connectivity index (χ2n) is 11.6. The van der Waals surface area contributed by atoms with Crippen LogP contribution in [0.1, 0.15) is 11.1 Å². The van der Waals surface area contributed by atoms with Gasteiger partial charge in [0, 0.05) is 38.9 Å². The Bertz CT molecular complexity index is 2100. The van der Waals surface area contributed by atoms with Gasteiger partial charge in [-0.25, -0.2) is 0 Å². The van der Waals surface area contributed by atoms with Crippen LogP contribution in [0, 0.1) is 13.8 Å². The highest BCUT2D eigenvalue weighted by molar-refractivity contribution is 6.29. The summed E-state index contributed by atoms with van der Waals surface area (Å²) in [5.41, 5.74) is 9.39. The predicted molar refractivity (Wildman–Crippen MR) is 189 cm³/mol. The maximum absolute atomic E-state index is 2.41. The Hall–Kier alpha value is -5.60. The van der Waals surface area contributed by atoms with Gasteiger partial charge in [0.15, 0.2) is 0 Å². The van der Waals surface area contributed by atoms with Gasteiger partial charge < -0.3 is 9.80 Å². The summed E-state index contributed by atoms with van der Waals surface area (Å²) in [6, 6.07) is 57.3. The summed E-state index contributed by atoms with van der Waals surface area (Å²) >= 11 is 0. The number of anilines is 6. The minimum Gasteiger partial charge on any atom is -0.310 e. The number of hydrogen-bond donors (Lipinski definition) is 0. The first-order chi connectivity index (χ1) is 21.7. The first kappa shape index (κ1) is 26.1. The quantitative estimate of drug-likeness (QED) is 0.185. The molecule has 8 aromatic carbocycles. The van der Waals surface area contributed by atoms with E-state index in [0.29, 0.717) is 0 Å². The van der Waals surface area contributed by atoms with Crippen LogP contribution >= 0.6 is 0 Å². The molecule has 0 heterocycles. The van der Waals surface area contributed by atoms with Crippen molar-refractivity contribution in [2.24, 2.45) is 0 Å². The Morgan fingerprint density at radius 3 is 1.20 bits per heavy atom. The van der Waals surface area contributed by atoms with E-state index in [1.165, 1.54) is 54.8 Å². The molecule has 0 bridgehead atoms. The number of hydrogen-bond acceptors (Lipinski definition) is 2. The standard InChI is InChI=1S/C42H32N2/c1-29-13-9-21-35(25-29)43(33-17-5-3-6-18-33)39-27-31-15-11-16-32-28-40(38-24-12-23-37(39)42(38)41(31)32)44(34-19-7-4-8-20-34)36-22-10-14-30(2)26-36/h3-28H,1-2H3. The third-order valence-electron chi connectivity index (χ3n) is 8.61. The van der Waals surface area contributed by atoms with Gasteiger partial charge in [-0.2, -0.15) is 0 Å². The smallest absolute Gasteiger partial charge is 0.0546 e. The Morgan fingerprint density at radius 1 is 0.341 bits per heavy atom. The second kappa shape index (κ2) is 10.6. The lowest BCUT2D eigenvalue weighted by Crippen LogP contribution is -2.12. The van der Waals surface area contributed by atoms with E-state index in [9.17, 15) is 0 Å². The van der Waals surface area contributed by atoms with E-state index < -0.39 is 0 Å². The van der Waals surface area contributed by atoms with Gasteiger partial charge in [-0.3, -0.25) is 0 Å². The molecule has 0 aliphatic heterocycles. The average Bonchev–Trinajstić information content (AvgIpc) is 3.05. The Balaban J connectivity index is 1.48. The van der Waals surface area contributed by atoms with Crippen LogP contribution in [0.5, 0.6) is 0 Å². The predicted octanol–water partition coefficient (Wildman–Crippen LogP) is 12.1. The summed E-state index contributed by atoms with van der Waals surface area (Å²) in [7, 11) is 0. The lowest BCUT2D eigenvalue weighted by Gasteiger charge is -2.30. The van der Waals surface area contributed by atoms with Crippen LogP contribution in [-0.4, -0.2) is 0 Å². The molecule has 2 nitrogen and oxygen atoms in total. The summed E-state index contributed by atoms with van der Waals surface area (Å²) in [5.74, 6) is 0. The number of rotatable bonds is 6. The fourth-order valence-corrected chi connectivity index (χ4v) is 6.73. The molecule has 0 aromatic heterocycles. The zero-order valence-corrected chi connectivity index (χ0v) is 24.9. The van der Waals surface area contributed by atoms with Crippen LogP contribution in [-0.2, 0) is 0 Å². The molecule has 0 unspecified atom stereocenters. The number of benzene rings is 8. The monoisotopic (exact) mass is 564 g/mol. The van der Waals surface area contributed by atoms with E-state index in [0.717, 1.165) is 22.7 Å². The lowest BCUT2D eigenvalue weighted by molar-refractivity contribution is 1.28. The van der Waals surface area contributed by atoms with Crippen LogP contribution in [0.3, 0.4) is 0 Å². The topological polar surface area (TPSA) is 6.48 Å². The fourth-order valence-electron chi connectivity index (χ4n) is 6.73. The highest BCUT2D eigenvalue weighted by atomic mass is 15.2. The van der Waals surface area contributed by atoms with Gasteiger partial charge in [0.1, 0.15) is 0 Å². The minimum absolute atomic E-state index is 1.14. The third-order valence-corrected chi connectivity index (χ3v) is 8.61. The molecule has 0 atom stereocenters. The number of aryl methyl sites for hydroxylation is 2. The Labute approximate surface area is 258 Å². The van der Waals surface area contributed by atoms with Crippen molar-refractivity contribution < 1.29 is 0 Å². The van der Waals surface area contributed by atoms with Gasteiger partial charge in [0.05, 0.1) is 11.4 Å². The molecule has 0 saturated heterocycles. The van der Waals surface area contributed by atoms with Gasteiger partial charge in [0.25, 0.3) is 0 Å². The molecule has 0 N–H and O–H groups in total. The van der Waals surface area contributed by atoms with Crippen LogP contribution < -0.4 is 9.80 Å². The van der Waals surface area contributed by atoms with Crippen molar-refractivity contribution in [2.45, 2.75) is 13.8 Å². The molecule has 8 rings (SSSR count). The Kier molecular flexibility index (Phi) is 6.27. The van der Waals surface area contributed by atoms with Crippen LogP contribution in [0.4, 0.5) is 34.1 Å². The van der Waals surface area contributed by atoms with Crippen molar-refractivity contribution in [1.82, 2.24) is 0 Å². The van der Waals surface area contributed by atoms with Crippen molar-refractivity contribution in [3.8, 4) is 0 Å². The maximum atomic E-state index is 2.41. The summed E-state index contributed by atoms with van der Waals surface area (Å²) in [5, 5.41) is 7.54. The molecule has 0 fully saturated rings. The van der Waals surface area contributed by atoms with Crippen molar-refractivity contribution >= 4 is 66.4 Å².